The van der Waals surface area contributed by atoms with Crippen molar-refractivity contribution in [3.8, 4) is 0 Å². The Morgan fingerprint density at radius 2 is 1.80 bits per heavy atom. The Morgan fingerprint density at radius 3 is 2.36 bits per heavy atom. The van der Waals surface area contributed by atoms with Crippen LogP contribution in [0.1, 0.15) is 6.92 Å². The van der Waals surface area contributed by atoms with Gasteiger partial charge in [0, 0.05) is 52.9 Å². The molecule has 138 valence electrons. The van der Waals surface area contributed by atoms with Gasteiger partial charge in [-0.3, -0.25) is 14.5 Å². The second-order valence-corrected chi connectivity index (χ2v) is 8.30. The third-order valence-electron chi connectivity index (χ3n) is 4.08. The highest BCUT2D eigenvalue weighted by Gasteiger charge is 2.21. The van der Waals surface area contributed by atoms with Crippen LogP contribution in [0.25, 0.3) is 0 Å². The molecule has 0 unspecified atom stereocenters. The van der Waals surface area contributed by atoms with Gasteiger partial charge in [0.2, 0.25) is 21.8 Å². The van der Waals surface area contributed by atoms with Crippen LogP contribution in [0.3, 0.4) is 0 Å². The van der Waals surface area contributed by atoms with Gasteiger partial charge in [-0.2, -0.15) is 0 Å². The summed E-state index contributed by atoms with van der Waals surface area (Å²) < 4.78 is 25.4. The number of sulfonamides is 1. The fourth-order valence-corrected chi connectivity index (χ4v) is 3.52. The summed E-state index contributed by atoms with van der Waals surface area (Å²) in [4.78, 5) is 27.4. The third-order valence-corrected chi connectivity index (χ3v) is 5.89. The molecular formula is C16H24N4O4S. The summed E-state index contributed by atoms with van der Waals surface area (Å²) in [5.74, 6) is -0.168. The number of nitrogens with zero attached hydrogens (tertiary/aromatic N) is 3. The molecule has 0 radical (unpaired) electrons. The highest BCUT2D eigenvalue weighted by atomic mass is 32.2. The van der Waals surface area contributed by atoms with Crippen molar-refractivity contribution >= 4 is 27.5 Å². The molecule has 9 heteroatoms. The number of nitrogens with one attached hydrogen (secondary N) is 1. The van der Waals surface area contributed by atoms with Crippen LogP contribution in [0, 0.1) is 0 Å². The molecule has 25 heavy (non-hydrogen) atoms. The number of amides is 2. The van der Waals surface area contributed by atoms with Gasteiger partial charge in [-0.25, -0.2) is 12.7 Å². The van der Waals surface area contributed by atoms with Crippen LogP contribution in [0.15, 0.2) is 29.2 Å². The van der Waals surface area contributed by atoms with Gasteiger partial charge >= 0.3 is 0 Å². The van der Waals surface area contributed by atoms with E-state index in [2.05, 4.69) is 5.32 Å². The summed E-state index contributed by atoms with van der Waals surface area (Å²) in [7, 11) is -0.623. The van der Waals surface area contributed by atoms with Gasteiger partial charge in [0.15, 0.2) is 0 Å². The van der Waals surface area contributed by atoms with Gasteiger partial charge in [0.1, 0.15) is 0 Å². The molecule has 0 aliphatic carbocycles. The number of anilines is 1. The van der Waals surface area contributed by atoms with Crippen LogP contribution in [0.5, 0.6) is 0 Å². The number of carbonyl (C=O) groups is 2. The number of benzene rings is 1. The molecule has 1 heterocycles. The standard InChI is InChI=1S/C16H24N4O4S/c1-13(21)20-9-7-19(8-10-20)12-16(22)17-14-5-4-6-15(11-14)25(23,24)18(2)3/h4-6,11H,7-10,12H2,1-3H3,(H,17,22). The number of rotatable bonds is 5. The van der Waals surface area contributed by atoms with Crippen molar-refractivity contribution in [1.29, 1.82) is 0 Å². The molecule has 2 rings (SSSR count). The van der Waals surface area contributed by atoms with Crippen LogP contribution in [0.4, 0.5) is 5.69 Å². The number of hydrogen-bond donors (Lipinski definition) is 1. The topological polar surface area (TPSA) is 90.0 Å². The van der Waals surface area contributed by atoms with E-state index in [1.54, 1.807) is 17.0 Å². The largest absolute Gasteiger partial charge is 0.340 e. The first-order valence-corrected chi connectivity index (χ1v) is 9.44. The van der Waals surface area contributed by atoms with E-state index in [1.807, 2.05) is 4.90 Å². The molecular weight excluding hydrogens is 344 g/mol. The molecule has 0 atom stereocenters. The van der Waals surface area contributed by atoms with Crippen molar-refractivity contribution in [1.82, 2.24) is 14.1 Å². The zero-order chi connectivity index (χ0) is 18.6. The fraction of sp³-hybridized carbons (Fsp3) is 0.500. The van der Waals surface area contributed by atoms with Gasteiger partial charge in [-0.1, -0.05) is 6.07 Å². The Kier molecular flexibility index (Phi) is 6.15. The molecule has 0 spiro atoms. The van der Waals surface area contributed by atoms with E-state index in [4.69, 9.17) is 0 Å². The predicted molar refractivity (Wildman–Crippen MR) is 94.6 cm³/mol. The maximum atomic E-state index is 12.2. The Labute approximate surface area is 148 Å². The first kappa shape index (κ1) is 19.4. The summed E-state index contributed by atoms with van der Waals surface area (Å²) in [5.41, 5.74) is 0.440. The van der Waals surface area contributed by atoms with Gasteiger partial charge in [0.05, 0.1) is 11.4 Å². The second-order valence-electron chi connectivity index (χ2n) is 6.15. The van der Waals surface area contributed by atoms with Crippen LogP contribution in [0.2, 0.25) is 0 Å². The zero-order valence-corrected chi connectivity index (χ0v) is 15.5. The summed E-state index contributed by atoms with van der Waals surface area (Å²) in [6, 6.07) is 6.19. The van der Waals surface area contributed by atoms with E-state index >= 15 is 0 Å². The fourth-order valence-electron chi connectivity index (χ4n) is 2.57. The first-order chi connectivity index (χ1) is 11.7. The minimum Gasteiger partial charge on any atom is -0.340 e. The molecule has 0 aromatic heterocycles. The smallest absolute Gasteiger partial charge is 0.242 e. The molecule has 1 aliphatic rings. The number of carbonyl (C=O) groups excluding carboxylic acids is 2. The Hall–Kier alpha value is -1.97. The van der Waals surface area contributed by atoms with Gasteiger partial charge in [-0.15, -0.1) is 0 Å². The predicted octanol–water partition coefficient (Wildman–Crippen LogP) is 0.0395. The summed E-state index contributed by atoms with van der Waals surface area (Å²) in [6.07, 6.45) is 0. The van der Waals surface area contributed by atoms with E-state index in [0.29, 0.717) is 31.9 Å². The minimum atomic E-state index is -3.54. The van der Waals surface area contributed by atoms with Gasteiger partial charge in [-0.05, 0) is 18.2 Å². The van der Waals surface area contributed by atoms with Crippen molar-refractivity contribution in [3.63, 3.8) is 0 Å². The average molecular weight is 368 g/mol. The SMILES string of the molecule is CC(=O)N1CCN(CC(=O)Nc2cccc(S(=O)(=O)N(C)C)c2)CC1. The van der Waals surface area contributed by atoms with Crippen molar-refractivity contribution in [2.75, 3.05) is 52.1 Å². The summed E-state index contributed by atoms with van der Waals surface area (Å²) in [5, 5.41) is 2.73. The lowest BCUT2D eigenvalue weighted by atomic mass is 10.3. The highest BCUT2D eigenvalue weighted by molar-refractivity contribution is 7.89. The second kappa shape index (κ2) is 7.94. The van der Waals surface area contributed by atoms with E-state index in [9.17, 15) is 18.0 Å². The lowest BCUT2D eigenvalue weighted by molar-refractivity contribution is -0.130. The molecule has 8 nitrogen and oxygen atoms in total. The highest BCUT2D eigenvalue weighted by Crippen LogP contribution is 2.18. The van der Waals surface area contributed by atoms with Crippen molar-refractivity contribution in [3.05, 3.63) is 24.3 Å². The van der Waals surface area contributed by atoms with Crippen LogP contribution >= 0.6 is 0 Å². The molecule has 1 aliphatic heterocycles. The Balaban J connectivity index is 1.94. The monoisotopic (exact) mass is 368 g/mol. The van der Waals surface area contributed by atoms with E-state index in [-0.39, 0.29) is 23.3 Å². The molecule has 0 bridgehead atoms. The molecule has 1 aromatic rings. The van der Waals surface area contributed by atoms with Gasteiger partial charge < -0.3 is 10.2 Å². The molecule has 0 saturated carbocycles. The Bertz CT molecular complexity index is 740. The van der Waals surface area contributed by atoms with Crippen LogP contribution in [-0.2, 0) is 19.6 Å². The zero-order valence-electron chi connectivity index (χ0n) is 14.7. The third kappa shape index (κ3) is 5.00. The molecule has 2 amide bonds. The summed E-state index contributed by atoms with van der Waals surface area (Å²) >= 11 is 0. The quantitative estimate of drug-likeness (QED) is 0.793. The van der Waals surface area contributed by atoms with Crippen molar-refractivity contribution in [2.24, 2.45) is 0 Å². The lowest BCUT2D eigenvalue weighted by Gasteiger charge is -2.33. The first-order valence-electron chi connectivity index (χ1n) is 8.00. The lowest BCUT2D eigenvalue weighted by Crippen LogP contribution is -2.49. The molecule has 1 saturated heterocycles. The van der Waals surface area contributed by atoms with Crippen molar-refractivity contribution in [2.45, 2.75) is 11.8 Å². The number of piperazine rings is 1. The van der Waals surface area contributed by atoms with E-state index in [0.717, 1.165) is 4.31 Å². The van der Waals surface area contributed by atoms with Crippen LogP contribution in [-0.4, -0.2) is 81.2 Å². The van der Waals surface area contributed by atoms with Gasteiger partial charge in [0.25, 0.3) is 0 Å². The van der Waals surface area contributed by atoms with Crippen molar-refractivity contribution < 1.29 is 18.0 Å². The Morgan fingerprint density at radius 1 is 1.16 bits per heavy atom. The maximum absolute atomic E-state index is 12.2. The maximum Gasteiger partial charge on any atom is 0.242 e. The molecule has 1 N–H and O–H groups in total. The summed E-state index contributed by atoms with van der Waals surface area (Å²) in [6.45, 7) is 4.25. The van der Waals surface area contributed by atoms with E-state index in [1.165, 1.54) is 33.2 Å². The molecule has 1 aromatic carbocycles. The number of hydrogen-bond acceptors (Lipinski definition) is 5. The molecule has 1 fully saturated rings. The van der Waals surface area contributed by atoms with Crippen LogP contribution < -0.4 is 5.32 Å². The normalized spacial score (nSPS) is 16.1. The average Bonchev–Trinajstić information content (AvgIpc) is 2.55. The minimum absolute atomic E-state index is 0.0445. The van der Waals surface area contributed by atoms with E-state index < -0.39 is 10.0 Å².